The number of nitrogens with one attached hydrogen (secondary N) is 1. The zero-order valence-corrected chi connectivity index (χ0v) is 7.18. The van der Waals surface area contributed by atoms with Crippen LogP contribution in [-0.2, 0) is 0 Å². The fraction of sp³-hybridized carbons (Fsp3) is 0.857. The van der Waals surface area contributed by atoms with E-state index in [9.17, 15) is 4.79 Å². The lowest BCUT2D eigenvalue weighted by molar-refractivity contribution is 0.185. The van der Waals surface area contributed by atoms with Gasteiger partial charge in [-0.25, -0.2) is 4.79 Å². The first-order valence-electron chi connectivity index (χ1n) is 4.26. The molecule has 6 nitrogen and oxygen atoms in total. The highest BCUT2D eigenvalue weighted by Gasteiger charge is 2.20. The lowest BCUT2D eigenvalue weighted by Crippen LogP contribution is -2.37. The van der Waals surface area contributed by atoms with Gasteiger partial charge in [-0.1, -0.05) is 5.11 Å². The van der Waals surface area contributed by atoms with Gasteiger partial charge < -0.3 is 10.4 Å². The summed E-state index contributed by atoms with van der Waals surface area (Å²) in [6, 6.07) is 0.0829. The average molecular weight is 184 g/mol. The molecule has 0 saturated heterocycles. The highest BCUT2D eigenvalue weighted by atomic mass is 16.4. The van der Waals surface area contributed by atoms with Crippen molar-refractivity contribution in [2.24, 2.45) is 5.11 Å². The molecule has 0 atom stereocenters. The van der Waals surface area contributed by atoms with Crippen LogP contribution in [0.1, 0.15) is 25.7 Å². The first-order valence-corrected chi connectivity index (χ1v) is 4.26. The van der Waals surface area contributed by atoms with E-state index in [2.05, 4.69) is 15.3 Å². The third-order valence-corrected chi connectivity index (χ3v) is 2.24. The van der Waals surface area contributed by atoms with Crippen molar-refractivity contribution in [2.45, 2.75) is 37.8 Å². The molecule has 1 amide bonds. The number of carboxylic acid groups (broad SMARTS) is 1. The van der Waals surface area contributed by atoms with E-state index < -0.39 is 6.09 Å². The third kappa shape index (κ3) is 3.21. The molecule has 0 radical (unpaired) electrons. The maximum atomic E-state index is 10.3. The second-order valence-electron chi connectivity index (χ2n) is 3.16. The van der Waals surface area contributed by atoms with Crippen molar-refractivity contribution in [3.05, 3.63) is 10.4 Å². The first kappa shape index (κ1) is 9.67. The summed E-state index contributed by atoms with van der Waals surface area (Å²) >= 11 is 0. The number of carbonyl (C=O) groups is 1. The molecule has 1 fully saturated rings. The Balaban J connectivity index is 2.30. The number of hydrogen-bond acceptors (Lipinski definition) is 2. The largest absolute Gasteiger partial charge is 0.465 e. The van der Waals surface area contributed by atoms with Crippen molar-refractivity contribution in [2.75, 3.05) is 0 Å². The van der Waals surface area contributed by atoms with Gasteiger partial charge in [0.05, 0.1) is 0 Å². The zero-order chi connectivity index (χ0) is 9.68. The van der Waals surface area contributed by atoms with Crippen LogP contribution in [0.25, 0.3) is 10.4 Å². The van der Waals surface area contributed by atoms with Gasteiger partial charge in [-0.3, -0.25) is 0 Å². The number of nitrogens with zero attached hydrogens (tertiary/aromatic N) is 3. The van der Waals surface area contributed by atoms with Gasteiger partial charge in [-0.2, -0.15) is 0 Å². The quantitative estimate of drug-likeness (QED) is 0.389. The Bertz CT molecular complexity index is 229. The second-order valence-corrected chi connectivity index (χ2v) is 3.16. The van der Waals surface area contributed by atoms with Crippen LogP contribution in [-0.4, -0.2) is 23.3 Å². The van der Waals surface area contributed by atoms with Crippen molar-refractivity contribution in [3.8, 4) is 0 Å². The summed E-state index contributed by atoms with van der Waals surface area (Å²) in [7, 11) is 0. The lowest BCUT2D eigenvalue weighted by atomic mass is 9.92. The van der Waals surface area contributed by atoms with Gasteiger partial charge in [0.15, 0.2) is 0 Å². The van der Waals surface area contributed by atoms with E-state index in [1.54, 1.807) is 0 Å². The molecule has 0 aliphatic heterocycles. The number of hydrogen-bond donors (Lipinski definition) is 2. The second kappa shape index (κ2) is 4.57. The number of amides is 1. The molecule has 0 heterocycles. The topological polar surface area (TPSA) is 98.1 Å². The van der Waals surface area contributed by atoms with Crippen LogP contribution in [0.15, 0.2) is 5.11 Å². The SMILES string of the molecule is [N-]=[N+]=N[C@H]1CC[C@@H](NC(=O)O)CC1. The van der Waals surface area contributed by atoms with Gasteiger partial charge in [0.1, 0.15) is 0 Å². The van der Waals surface area contributed by atoms with Crippen molar-refractivity contribution < 1.29 is 9.90 Å². The van der Waals surface area contributed by atoms with Crippen molar-refractivity contribution in [1.29, 1.82) is 0 Å². The predicted octanol–water partition coefficient (Wildman–Crippen LogP) is 1.88. The van der Waals surface area contributed by atoms with Crippen LogP contribution >= 0.6 is 0 Å². The van der Waals surface area contributed by atoms with Crippen LogP contribution in [0.5, 0.6) is 0 Å². The summed E-state index contributed by atoms with van der Waals surface area (Å²) in [5, 5.41) is 14.5. The summed E-state index contributed by atoms with van der Waals surface area (Å²) in [6.07, 6.45) is 2.09. The van der Waals surface area contributed by atoms with Gasteiger partial charge in [0.25, 0.3) is 0 Å². The van der Waals surface area contributed by atoms with E-state index in [0.717, 1.165) is 25.7 Å². The molecule has 0 bridgehead atoms. The van der Waals surface area contributed by atoms with Gasteiger partial charge in [0, 0.05) is 17.0 Å². The minimum atomic E-state index is -0.979. The molecule has 72 valence electrons. The molecular weight excluding hydrogens is 172 g/mol. The highest BCUT2D eigenvalue weighted by Crippen LogP contribution is 2.21. The Labute approximate surface area is 75.6 Å². The molecule has 0 aromatic carbocycles. The van der Waals surface area contributed by atoms with E-state index >= 15 is 0 Å². The van der Waals surface area contributed by atoms with Crippen LogP contribution in [0.3, 0.4) is 0 Å². The van der Waals surface area contributed by atoms with Crippen LogP contribution in [0.2, 0.25) is 0 Å². The Morgan fingerprint density at radius 1 is 1.46 bits per heavy atom. The normalized spacial score (nSPS) is 27.4. The van der Waals surface area contributed by atoms with Gasteiger partial charge in [0.2, 0.25) is 0 Å². The summed E-state index contributed by atoms with van der Waals surface area (Å²) in [4.78, 5) is 13.0. The molecule has 1 saturated carbocycles. The van der Waals surface area contributed by atoms with E-state index in [1.807, 2.05) is 0 Å². The molecule has 0 spiro atoms. The Hall–Kier alpha value is -1.42. The van der Waals surface area contributed by atoms with Crippen LogP contribution in [0, 0.1) is 0 Å². The first-order chi connectivity index (χ1) is 6.22. The number of azide groups is 1. The highest BCUT2D eigenvalue weighted by molar-refractivity contribution is 5.64. The average Bonchev–Trinajstić information content (AvgIpc) is 2.08. The summed E-state index contributed by atoms with van der Waals surface area (Å²) in [5.74, 6) is 0. The number of rotatable bonds is 2. The standard InChI is InChI=1S/C7H12N4O2/c8-11-10-6-3-1-5(2-4-6)9-7(12)13/h5-6,9H,1-4H2,(H,12,13)/t5-,6+. The van der Waals surface area contributed by atoms with Crippen molar-refractivity contribution in [1.82, 2.24) is 5.32 Å². The van der Waals surface area contributed by atoms with E-state index in [-0.39, 0.29) is 12.1 Å². The fourth-order valence-corrected chi connectivity index (χ4v) is 1.58. The maximum absolute atomic E-state index is 10.3. The minimum Gasteiger partial charge on any atom is -0.465 e. The van der Waals surface area contributed by atoms with Gasteiger partial charge in [-0.05, 0) is 31.2 Å². The van der Waals surface area contributed by atoms with Crippen molar-refractivity contribution >= 4 is 6.09 Å². The van der Waals surface area contributed by atoms with E-state index in [1.165, 1.54) is 0 Å². The third-order valence-electron chi connectivity index (χ3n) is 2.24. The van der Waals surface area contributed by atoms with Gasteiger partial charge in [-0.15, -0.1) is 0 Å². The Kier molecular flexibility index (Phi) is 3.40. The molecule has 1 aliphatic carbocycles. The van der Waals surface area contributed by atoms with E-state index in [0.29, 0.717) is 0 Å². The Morgan fingerprint density at radius 3 is 2.54 bits per heavy atom. The molecule has 0 aromatic heterocycles. The van der Waals surface area contributed by atoms with Crippen molar-refractivity contribution in [3.63, 3.8) is 0 Å². The lowest BCUT2D eigenvalue weighted by Gasteiger charge is -2.25. The molecule has 13 heavy (non-hydrogen) atoms. The molecule has 6 heteroatoms. The van der Waals surface area contributed by atoms with Gasteiger partial charge >= 0.3 is 6.09 Å². The molecule has 0 aromatic rings. The predicted molar refractivity (Wildman–Crippen MR) is 46.4 cm³/mol. The molecule has 1 rings (SSSR count). The fourth-order valence-electron chi connectivity index (χ4n) is 1.58. The van der Waals surface area contributed by atoms with Crippen LogP contribution in [0.4, 0.5) is 4.79 Å². The van der Waals surface area contributed by atoms with Crippen LogP contribution < -0.4 is 5.32 Å². The summed E-state index contributed by atoms with van der Waals surface area (Å²) in [6.45, 7) is 0. The molecule has 0 unspecified atom stereocenters. The van der Waals surface area contributed by atoms with E-state index in [4.69, 9.17) is 10.6 Å². The molecule has 1 aliphatic rings. The maximum Gasteiger partial charge on any atom is 0.404 e. The summed E-state index contributed by atoms with van der Waals surface area (Å²) in [5.41, 5.74) is 8.18. The monoisotopic (exact) mass is 184 g/mol. The minimum absolute atomic E-state index is 0.0302. The zero-order valence-electron chi connectivity index (χ0n) is 7.18. The summed E-state index contributed by atoms with van der Waals surface area (Å²) < 4.78 is 0. The smallest absolute Gasteiger partial charge is 0.404 e. The molecule has 2 N–H and O–H groups in total. The molecular formula is C7H12N4O2. The Morgan fingerprint density at radius 2 is 2.08 bits per heavy atom.